The number of ether oxygens (including phenoxy) is 1. The lowest BCUT2D eigenvalue weighted by Gasteiger charge is -2.10. The number of rotatable bonds is 11. The Morgan fingerprint density at radius 1 is 1.16 bits per heavy atom. The number of unbranched alkanes of at least 4 members (excludes halogenated alkanes) is 4. The lowest BCUT2D eigenvalue weighted by atomic mass is 10.1. The Bertz CT molecular complexity index is 556. The van der Waals surface area contributed by atoms with Crippen molar-refractivity contribution in [1.82, 2.24) is 10.6 Å². The van der Waals surface area contributed by atoms with E-state index in [2.05, 4.69) is 17.6 Å². The first-order valence-corrected chi connectivity index (χ1v) is 9.85. The third-order valence-electron chi connectivity index (χ3n) is 3.52. The molecule has 140 valence electrons. The molecule has 0 saturated heterocycles. The van der Waals surface area contributed by atoms with Crippen LogP contribution in [0.3, 0.4) is 0 Å². The number of carbonyl (C=O) groups excluding carboxylic acids is 1. The highest BCUT2D eigenvalue weighted by atomic mass is 35.5. The van der Waals surface area contributed by atoms with Gasteiger partial charge in [0.2, 0.25) is 5.91 Å². The molecule has 0 bridgehead atoms. The molecule has 4 nitrogen and oxygen atoms in total. The summed E-state index contributed by atoms with van der Waals surface area (Å²) in [5.41, 5.74) is 0. The van der Waals surface area contributed by atoms with Gasteiger partial charge in [-0.1, -0.05) is 55.8 Å². The number of thiocarbonyl (C=S) groups is 1. The fraction of sp³-hybridized carbons (Fsp3) is 0.556. The molecule has 0 atom stereocenters. The van der Waals surface area contributed by atoms with E-state index in [9.17, 15) is 4.79 Å². The summed E-state index contributed by atoms with van der Waals surface area (Å²) in [6, 6.07) is 5.05. The highest BCUT2D eigenvalue weighted by Crippen LogP contribution is 2.27. The molecule has 0 aliphatic heterocycles. The van der Waals surface area contributed by atoms with Crippen molar-refractivity contribution in [2.24, 2.45) is 0 Å². The molecule has 1 aromatic rings. The smallest absolute Gasteiger partial charge is 0.226 e. The first-order valence-electron chi connectivity index (χ1n) is 8.68. The fourth-order valence-corrected chi connectivity index (χ4v) is 2.85. The Hall–Kier alpha value is -1.04. The summed E-state index contributed by atoms with van der Waals surface area (Å²) < 4.78 is 5.54. The summed E-state index contributed by atoms with van der Waals surface area (Å²) >= 11 is 17.0. The van der Waals surface area contributed by atoms with Crippen molar-refractivity contribution in [3.63, 3.8) is 0 Å². The minimum Gasteiger partial charge on any atom is -0.492 e. The van der Waals surface area contributed by atoms with Crippen LogP contribution in [0, 0.1) is 0 Å². The zero-order chi connectivity index (χ0) is 18.5. The molecule has 0 radical (unpaired) electrons. The summed E-state index contributed by atoms with van der Waals surface area (Å²) in [5, 5.41) is 7.15. The molecule has 0 saturated carbocycles. The molecule has 0 spiro atoms. The molecule has 0 aromatic heterocycles. The average Bonchev–Trinajstić information content (AvgIpc) is 2.56. The number of carbonyl (C=O) groups is 1. The van der Waals surface area contributed by atoms with Crippen molar-refractivity contribution in [1.29, 1.82) is 0 Å². The minimum atomic E-state index is -0.116. The van der Waals surface area contributed by atoms with Gasteiger partial charge >= 0.3 is 0 Å². The van der Waals surface area contributed by atoms with Crippen LogP contribution in [0.1, 0.15) is 51.9 Å². The van der Waals surface area contributed by atoms with E-state index in [-0.39, 0.29) is 5.91 Å². The van der Waals surface area contributed by atoms with E-state index >= 15 is 0 Å². The van der Waals surface area contributed by atoms with Crippen molar-refractivity contribution in [3.8, 4) is 5.75 Å². The molecule has 0 aliphatic carbocycles. The highest BCUT2D eigenvalue weighted by molar-refractivity contribution is 7.80. The van der Waals surface area contributed by atoms with Crippen LogP contribution in [0.15, 0.2) is 18.2 Å². The molecule has 0 unspecified atom stereocenters. The molecule has 0 aliphatic rings. The predicted molar refractivity (Wildman–Crippen MR) is 109 cm³/mol. The number of hydrogen-bond acceptors (Lipinski definition) is 3. The number of nitrogens with one attached hydrogen (secondary N) is 2. The fourth-order valence-electron chi connectivity index (χ4n) is 2.17. The van der Waals surface area contributed by atoms with E-state index in [0.29, 0.717) is 40.4 Å². The largest absolute Gasteiger partial charge is 0.492 e. The molecule has 0 heterocycles. The minimum absolute atomic E-state index is 0.116. The number of benzene rings is 1. The summed E-state index contributed by atoms with van der Waals surface area (Å²) in [5.74, 6) is 0.445. The Morgan fingerprint density at radius 3 is 2.64 bits per heavy atom. The van der Waals surface area contributed by atoms with Crippen molar-refractivity contribution in [2.45, 2.75) is 51.9 Å². The van der Waals surface area contributed by atoms with Gasteiger partial charge in [0, 0.05) is 18.0 Å². The number of amides is 1. The average molecular weight is 405 g/mol. The normalized spacial score (nSPS) is 10.4. The zero-order valence-corrected chi connectivity index (χ0v) is 16.9. The molecule has 0 fully saturated rings. The molecule has 1 aromatic carbocycles. The second kappa shape index (κ2) is 13.2. The second-order valence-corrected chi connectivity index (χ2v) is 7.00. The van der Waals surface area contributed by atoms with Gasteiger partial charge in [0.05, 0.1) is 11.6 Å². The standard InChI is InChI=1S/C18H26Cl2N2O2S/c1-2-3-4-5-6-11-21-18(25)22-17(23)8-7-12-24-16-10-9-14(19)13-15(16)20/h9-10,13H,2-8,11-12H2,1H3,(H2,21,22,23,25). The van der Waals surface area contributed by atoms with Gasteiger partial charge in [-0.3, -0.25) is 4.79 Å². The number of hydrogen-bond donors (Lipinski definition) is 2. The van der Waals surface area contributed by atoms with Crippen LogP contribution in [0.25, 0.3) is 0 Å². The van der Waals surface area contributed by atoms with Crippen LogP contribution >= 0.6 is 35.4 Å². The quantitative estimate of drug-likeness (QED) is 0.397. The highest BCUT2D eigenvalue weighted by Gasteiger charge is 2.06. The molecule has 2 N–H and O–H groups in total. The second-order valence-electron chi connectivity index (χ2n) is 5.75. The maximum atomic E-state index is 11.8. The summed E-state index contributed by atoms with van der Waals surface area (Å²) in [6.45, 7) is 3.38. The molecule has 7 heteroatoms. The maximum Gasteiger partial charge on any atom is 0.226 e. The van der Waals surface area contributed by atoms with E-state index in [1.165, 1.54) is 25.7 Å². The Kier molecular flexibility index (Phi) is 11.6. The topological polar surface area (TPSA) is 50.4 Å². The van der Waals surface area contributed by atoms with Gasteiger partial charge in [0.15, 0.2) is 5.11 Å². The Labute approximate surface area is 165 Å². The van der Waals surface area contributed by atoms with Crippen molar-refractivity contribution < 1.29 is 9.53 Å². The summed E-state index contributed by atoms with van der Waals surface area (Å²) in [6.07, 6.45) is 6.90. The molecule has 1 amide bonds. The van der Waals surface area contributed by atoms with Crippen molar-refractivity contribution in [2.75, 3.05) is 13.2 Å². The van der Waals surface area contributed by atoms with Crippen LogP contribution in [0.4, 0.5) is 0 Å². The first-order chi connectivity index (χ1) is 12.0. The monoisotopic (exact) mass is 404 g/mol. The third kappa shape index (κ3) is 10.5. The van der Waals surface area contributed by atoms with E-state index < -0.39 is 0 Å². The Morgan fingerprint density at radius 2 is 1.92 bits per heavy atom. The van der Waals surface area contributed by atoms with Gasteiger partial charge < -0.3 is 15.4 Å². The van der Waals surface area contributed by atoms with Gasteiger partial charge in [-0.2, -0.15) is 0 Å². The van der Waals surface area contributed by atoms with Crippen molar-refractivity contribution in [3.05, 3.63) is 28.2 Å². The van der Waals surface area contributed by atoms with Crippen LogP contribution in [-0.4, -0.2) is 24.2 Å². The van der Waals surface area contributed by atoms with Crippen LogP contribution in [-0.2, 0) is 4.79 Å². The molecular formula is C18H26Cl2N2O2S. The van der Waals surface area contributed by atoms with Gasteiger partial charge in [0.25, 0.3) is 0 Å². The van der Waals surface area contributed by atoms with Crippen molar-refractivity contribution >= 4 is 46.4 Å². The lowest BCUT2D eigenvalue weighted by Crippen LogP contribution is -2.39. The maximum absolute atomic E-state index is 11.8. The molecular weight excluding hydrogens is 379 g/mol. The van der Waals surface area contributed by atoms with E-state index in [1.807, 2.05) is 0 Å². The van der Waals surface area contributed by atoms with Gasteiger partial charge in [-0.25, -0.2) is 0 Å². The predicted octanol–water partition coefficient (Wildman–Crippen LogP) is 5.11. The van der Waals surface area contributed by atoms with E-state index in [4.69, 9.17) is 40.2 Å². The van der Waals surface area contributed by atoms with Crippen LogP contribution < -0.4 is 15.4 Å². The molecule has 25 heavy (non-hydrogen) atoms. The van der Waals surface area contributed by atoms with Gasteiger partial charge in [0.1, 0.15) is 5.75 Å². The van der Waals surface area contributed by atoms with E-state index in [0.717, 1.165) is 13.0 Å². The third-order valence-corrected chi connectivity index (χ3v) is 4.30. The first kappa shape index (κ1) is 22.0. The molecule has 1 rings (SSSR count). The zero-order valence-electron chi connectivity index (χ0n) is 14.6. The number of halogens is 2. The van der Waals surface area contributed by atoms with E-state index in [1.54, 1.807) is 18.2 Å². The lowest BCUT2D eigenvalue weighted by molar-refractivity contribution is -0.119. The SMILES string of the molecule is CCCCCCCNC(=S)NC(=O)CCCOc1ccc(Cl)cc1Cl. The van der Waals surface area contributed by atoms with Gasteiger partial charge in [-0.05, 0) is 43.3 Å². The Balaban J connectivity index is 2.09. The van der Waals surface area contributed by atoms with Crippen LogP contribution in [0.2, 0.25) is 10.0 Å². The summed E-state index contributed by atoms with van der Waals surface area (Å²) in [7, 11) is 0. The van der Waals surface area contributed by atoms with Gasteiger partial charge in [-0.15, -0.1) is 0 Å². The summed E-state index contributed by atoms with van der Waals surface area (Å²) in [4.78, 5) is 11.8. The van der Waals surface area contributed by atoms with Crippen LogP contribution in [0.5, 0.6) is 5.75 Å².